The van der Waals surface area contributed by atoms with Gasteiger partial charge in [0.05, 0.1) is 5.69 Å². The van der Waals surface area contributed by atoms with E-state index in [2.05, 4.69) is 43.1 Å². The van der Waals surface area contributed by atoms with Crippen molar-refractivity contribution in [3.05, 3.63) is 72.4 Å². The van der Waals surface area contributed by atoms with Crippen LogP contribution < -0.4 is 0 Å². The molecule has 0 saturated heterocycles. The third-order valence-corrected chi connectivity index (χ3v) is 4.57. The van der Waals surface area contributed by atoms with Gasteiger partial charge in [0, 0.05) is 17.1 Å². The number of hydrogen-bond donors (Lipinski definition) is 1. The molecule has 2 nitrogen and oxygen atoms in total. The van der Waals surface area contributed by atoms with Crippen molar-refractivity contribution in [1.29, 1.82) is 0 Å². The zero-order valence-electron chi connectivity index (χ0n) is 13.8. The molecular formula is C22H19NO. The molecular weight excluding hydrogens is 294 g/mol. The summed E-state index contributed by atoms with van der Waals surface area (Å²) in [5.74, 6) is 0.752. The lowest BCUT2D eigenvalue weighted by atomic mass is 9.96. The van der Waals surface area contributed by atoms with Crippen LogP contribution in [0.25, 0.3) is 32.8 Å². The molecule has 0 amide bonds. The molecule has 0 aliphatic heterocycles. The molecule has 4 aromatic rings. The molecule has 0 bridgehead atoms. The first-order valence-electron chi connectivity index (χ1n) is 8.24. The van der Waals surface area contributed by atoms with E-state index in [1.54, 1.807) is 0 Å². The summed E-state index contributed by atoms with van der Waals surface area (Å²) in [6.45, 7) is 4.39. The first-order chi connectivity index (χ1) is 11.6. The normalized spacial score (nSPS) is 11.5. The molecule has 0 aliphatic rings. The minimum absolute atomic E-state index is 0.265. The average Bonchev–Trinajstić information content (AvgIpc) is 2.60. The molecule has 0 atom stereocenters. The second kappa shape index (κ2) is 5.64. The third kappa shape index (κ3) is 2.41. The van der Waals surface area contributed by atoms with E-state index < -0.39 is 0 Å². The van der Waals surface area contributed by atoms with Crippen molar-refractivity contribution >= 4 is 21.5 Å². The fraction of sp³-hybridized carbons (Fsp3) is 0.136. The predicted molar refractivity (Wildman–Crippen MR) is 100 cm³/mol. The Balaban J connectivity index is 1.98. The molecule has 1 aromatic heterocycles. The van der Waals surface area contributed by atoms with E-state index in [1.165, 1.54) is 5.56 Å². The Bertz CT molecular complexity index is 1050. The van der Waals surface area contributed by atoms with Crippen LogP contribution in [0.15, 0.2) is 66.9 Å². The van der Waals surface area contributed by atoms with Crippen molar-refractivity contribution in [3.8, 4) is 17.0 Å². The number of aromatic hydroxyl groups is 1. The number of hydrogen-bond acceptors (Lipinski definition) is 2. The number of fused-ring (bicyclic) bond motifs is 2. The molecule has 0 spiro atoms. The van der Waals surface area contributed by atoms with Crippen molar-refractivity contribution in [1.82, 2.24) is 4.98 Å². The first-order valence-corrected chi connectivity index (χ1v) is 8.24. The van der Waals surface area contributed by atoms with Gasteiger partial charge in [-0.05, 0) is 45.8 Å². The maximum atomic E-state index is 10.5. The van der Waals surface area contributed by atoms with Crippen molar-refractivity contribution in [2.45, 2.75) is 19.8 Å². The lowest BCUT2D eigenvalue weighted by Crippen LogP contribution is -1.91. The molecule has 0 fully saturated rings. The first kappa shape index (κ1) is 14.7. The van der Waals surface area contributed by atoms with E-state index in [0.29, 0.717) is 5.92 Å². The largest absolute Gasteiger partial charge is 0.507 e. The Morgan fingerprint density at radius 1 is 0.833 bits per heavy atom. The molecule has 1 N–H and O–H groups in total. The van der Waals surface area contributed by atoms with Gasteiger partial charge in [0.25, 0.3) is 0 Å². The summed E-state index contributed by atoms with van der Waals surface area (Å²) in [5.41, 5.74) is 2.91. The highest BCUT2D eigenvalue weighted by Crippen LogP contribution is 2.36. The van der Waals surface area contributed by atoms with E-state index >= 15 is 0 Å². The summed E-state index contributed by atoms with van der Waals surface area (Å²) in [5, 5.41) is 14.9. The predicted octanol–water partition coefficient (Wildman–Crippen LogP) is 5.88. The summed E-state index contributed by atoms with van der Waals surface area (Å²) < 4.78 is 0. The Morgan fingerprint density at radius 3 is 2.33 bits per heavy atom. The van der Waals surface area contributed by atoms with Crippen LogP contribution in [-0.2, 0) is 0 Å². The van der Waals surface area contributed by atoms with Crippen LogP contribution in [0.5, 0.6) is 5.75 Å². The quantitative estimate of drug-likeness (QED) is 0.501. The van der Waals surface area contributed by atoms with E-state index in [9.17, 15) is 5.11 Å². The number of nitrogens with zero attached hydrogens (tertiary/aromatic N) is 1. The van der Waals surface area contributed by atoms with Gasteiger partial charge in [0.2, 0.25) is 0 Å². The second-order valence-corrected chi connectivity index (χ2v) is 6.51. The van der Waals surface area contributed by atoms with Crippen LogP contribution in [0.4, 0.5) is 0 Å². The Labute approximate surface area is 141 Å². The second-order valence-electron chi connectivity index (χ2n) is 6.51. The fourth-order valence-electron chi connectivity index (χ4n) is 3.19. The summed E-state index contributed by atoms with van der Waals surface area (Å²) in [6.07, 6.45) is 1.82. The van der Waals surface area contributed by atoms with Crippen LogP contribution in [0.2, 0.25) is 0 Å². The molecule has 0 unspecified atom stereocenters. The third-order valence-electron chi connectivity index (χ3n) is 4.57. The van der Waals surface area contributed by atoms with E-state index in [1.807, 2.05) is 42.6 Å². The van der Waals surface area contributed by atoms with Gasteiger partial charge in [-0.2, -0.15) is 0 Å². The van der Waals surface area contributed by atoms with Gasteiger partial charge >= 0.3 is 0 Å². The summed E-state index contributed by atoms with van der Waals surface area (Å²) in [7, 11) is 0. The van der Waals surface area contributed by atoms with Gasteiger partial charge in [0.1, 0.15) is 5.75 Å². The molecule has 0 aliphatic carbocycles. The maximum Gasteiger partial charge on any atom is 0.125 e. The van der Waals surface area contributed by atoms with E-state index in [4.69, 9.17) is 0 Å². The van der Waals surface area contributed by atoms with Crippen LogP contribution in [-0.4, -0.2) is 10.1 Å². The van der Waals surface area contributed by atoms with Crippen LogP contribution in [0.3, 0.4) is 0 Å². The minimum Gasteiger partial charge on any atom is -0.507 e. The van der Waals surface area contributed by atoms with Crippen molar-refractivity contribution in [2.24, 2.45) is 0 Å². The van der Waals surface area contributed by atoms with Gasteiger partial charge < -0.3 is 5.11 Å². The molecule has 4 rings (SSSR count). The lowest BCUT2D eigenvalue weighted by molar-refractivity contribution is 0.478. The molecule has 0 radical (unpaired) electrons. The van der Waals surface area contributed by atoms with Crippen molar-refractivity contribution in [2.75, 3.05) is 0 Å². The smallest absolute Gasteiger partial charge is 0.125 e. The van der Waals surface area contributed by atoms with E-state index in [-0.39, 0.29) is 5.75 Å². The Kier molecular flexibility index (Phi) is 3.46. The monoisotopic (exact) mass is 313 g/mol. The average molecular weight is 313 g/mol. The molecule has 118 valence electrons. The van der Waals surface area contributed by atoms with Gasteiger partial charge in [-0.1, -0.05) is 56.3 Å². The van der Waals surface area contributed by atoms with Crippen molar-refractivity contribution < 1.29 is 5.11 Å². The highest BCUT2D eigenvalue weighted by atomic mass is 16.3. The minimum atomic E-state index is 0.265. The zero-order valence-corrected chi connectivity index (χ0v) is 13.8. The Morgan fingerprint density at radius 2 is 1.58 bits per heavy atom. The molecule has 2 heteroatoms. The summed E-state index contributed by atoms with van der Waals surface area (Å²) in [6, 6.07) is 20.4. The number of phenolic OH excluding ortho intramolecular Hbond substituents is 1. The van der Waals surface area contributed by atoms with Crippen LogP contribution in [0.1, 0.15) is 25.3 Å². The highest BCUT2D eigenvalue weighted by molar-refractivity contribution is 5.99. The summed E-state index contributed by atoms with van der Waals surface area (Å²) >= 11 is 0. The number of rotatable bonds is 2. The Hall–Kier alpha value is -2.87. The molecule has 1 heterocycles. The molecule has 3 aromatic carbocycles. The number of aromatic nitrogens is 1. The topological polar surface area (TPSA) is 33.1 Å². The standard InChI is InChI=1S/C22H19NO/c1-14(2)15-7-8-19-18(11-15)9-10-23-22(19)20-12-16-5-3-4-6-17(16)13-21(20)24/h3-14,24H,1-2H3. The summed E-state index contributed by atoms with van der Waals surface area (Å²) in [4.78, 5) is 4.56. The SMILES string of the molecule is CC(C)c1ccc2c(-c3cc4ccccc4cc3O)nccc2c1. The fourth-order valence-corrected chi connectivity index (χ4v) is 3.19. The van der Waals surface area contributed by atoms with Crippen molar-refractivity contribution in [3.63, 3.8) is 0 Å². The van der Waals surface area contributed by atoms with Crippen LogP contribution in [0, 0.1) is 0 Å². The molecule has 24 heavy (non-hydrogen) atoms. The maximum absolute atomic E-state index is 10.5. The van der Waals surface area contributed by atoms with Gasteiger partial charge in [-0.15, -0.1) is 0 Å². The zero-order chi connectivity index (χ0) is 16.7. The van der Waals surface area contributed by atoms with Gasteiger partial charge in [-0.25, -0.2) is 0 Å². The highest BCUT2D eigenvalue weighted by Gasteiger charge is 2.12. The number of phenols is 1. The number of benzene rings is 3. The van der Waals surface area contributed by atoms with Crippen LogP contribution >= 0.6 is 0 Å². The van der Waals surface area contributed by atoms with E-state index in [0.717, 1.165) is 32.8 Å². The van der Waals surface area contributed by atoms with Gasteiger partial charge in [-0.3, -0.25) is 4.98 Å². The van der Waals surface area contributed by atoms with Gasteiger partial charge in [0.15, 0.2) is 0 Å². The number of pyridine rings is 1. The lowest BCUT2D eigenvalue weighted by Gasteiger charge is -2.12. The molecule has 0 saturated carbocycles.